The van der Waals surface area contributed by atoms with Gasteiger partial charge in [0.2, 0.25) is 0 Å². The highest BCUT2D eigenvalue weighted by molar-refractivity contribution is 7.80. The highest BCUT2D eigenvalue weighted by atomic mass is 32.1. The summed E-state index contributed by atoms with van der Waals surface area (Å²) in [4.78, 5) is 12.1. The minimum Gasteiger partial charge on any atom is -0.389 e. The van der Waals surface area contributed by atoms with Gasteiger partial charge in [0.15, 0.2) is 11.6 Å². The SMILES string of the molecule is NC(=S)c1ccc(NC(=O)c2ccc(F)c(F)c2)cc1. The summed E-state index contributed by atoms with van der Waals surface area (Å²) in [6.45, 7) is 0. The molecule has 0 spiro atoms. The van der Waals surface area contributed by atoms with E-state index in [1.54, 1.807) is 24.3 Å². The zero-order valence-corrected chi connectivity index (χ0v) is 11.0. The van der Waals surface area contributed by atoms with Crippen LogP contribution in [0.4, 0.5) is 14.5 Å². The smallest absolute Gasteiger partial charge is 0.255 e. The Hall–Kier alpha value is -2.34. The molecule has 20 heavy (non-hydrogen) atoms. The molecule has 2 aromatic carbocycles. The van der Waals surface area contributed by atoms with Crippen molar-refractivity contribution in [1.82, 2.24) is 0 Å². The lowest BCUT2D eigenvalue weighted by Crippen LogP contribution is -2.13. The van der Waals surface area contributed by atoms with Crippen molar-refractivity contribution in [3.63, 3.8) is 0 Å². The van der Waals surface area contributed by atoms with Crippen LogP contribution in [0.25, 0.3) is 0 Å². The first-order chi connectivity index (χ1) is 9.47. The second-order valence-electron chi connectivity index (χ2n) is 4.02. The van der Waals surface area contributed by atoms with Crippen molar-refractivity contribution in [2.45, 2.75) is 0 Å². The van der Waals surface area contributed by atoms with Crippen LogP contribution in [-0.4, -0.2) is 10.9 Å². The quantitative estimate of drug-likeness (QED) is 0.855. The number of rotatable bonds is 3. The van der Waals surface area contributed by atoms with Crippen LogP contribution in [-0.2, 0) is 0 Å². The molecule has 0 aliphatic rings. The van der Waals surface area contributed by atoms with E-state index in [4.69, 9.17) is 18.0 Å². The Bertz CT molecular complexity index is 671. The van der Waals surface area contributed by atoms with Crippen molar-refractivity contribution in [3.8, 4) is 0 Å². The van der Waals surface area contributed by atoms with Crippen LogP contribution in [0.1, 0.15) is 15.9 Å². The molecule has 0 unspecified atom stereocenters. The van der Waals surface area contributed by atoms with Crippen LogP contribution in [0.15, 0.2) is 42.5 Å². The van der Waals surface area contributed by atoms with E-state index in [-0.39, 0.29) is 10.6 Å². The largest absolute Gasteiger partial charge is 0.389 e. The third-order valence-electron chi connectivity index (χ3n) is 2.61. The van der Waals surface area contributed by atoms with Gasteiger partial charge < -0.3 is 11.1 Å². The summed E-state index contributed by atoms with van der Waals surface area (Å²) >= 11 is 4.81. The van der Waals surface area contributed by atoms with Gasteiger partial charge in [-0.2, -0.15) is 0 Å². The van der Waals surface area contributed by atoms with Gasteiger partial charge in [0.25, 0.3) is 5.91 Å². The molecule has 3 N–H and O–H groups in total. The molecule has 6 heteroatoms. The van der Waals surface area contributed by atoms with Crippen LogP contribution < -0.4 is 11.1 Å². The fourth-order valence-electron chi connectivity index (χ4n) is 1.56. The van der Waals surface area contributed by atoms with Crippen molar-refractivity contribution >= 4 is 28.8 Å². The van der Waals surface area contributed by atoms with Crippen LogP contribution in [0.3, 0.4) is 0 Å². The molecule has 102 valence electrons. The summed E-state index contributed by atoms with van der Waals surface area (Å²) in [5.41, 5.74) is 6.66. The van der Waals surface area contributed by atoms with Gasteiger partial charge in [-0.25, -0.2) is 8.78 Å². The lowest BCUT2D eigenvalue weighted by molar-refractivity contribution is 0.102. The Labute approximate surface area is 119 Å². The number of hydrogen-bond donors (Lipinski definition) is 2. The number of carbonyl (C=O) groups excluding carboxylic acids is 1. The monoisotopic (exact) mass is 292 g/mol. The highest BCUT2D eigenvalue weighted by Crippen LogP contribution is 2.13. The van der Waals surface area contributed by atoms with E-state index in [1.165, 1.54) is 6.07 Å². The number of thiocarbonyl (C=S) groups is 1. The first-order valence-electron chi connectivity index (χ1n) is 5.63. The molecule has 0 atom stereocenters. The molecule has 0 radical (unpaired) electrons. The zero-order chi connectivity index (χ0) is 14.7. The lowest BCUT2D eigenvalue weighted by atomic mass is 10.1. The van der Waals surface area contributed by atoms with Gasteiger partial charge in [0.05, 0.1) is 0 Å². The maximum absolute atomic E-state index is 13.0. The minimum absolute atomic E-state index is 0.0299. The van der Waals surface area contributed by atoms with E-state index in [9.17, 15) is 13.6 Å². The number of carbonyl (C=O) groups is 1. The summed E-state index contributed by atoms with van der Waals surface area (Å²) in [5.74, 6) is -2.60. The number of nitrogens with two attached hydrogens (primary N) is 1. The predicted molar refractivity (Wildman–Crippen MR) is 76.6 cm³/mol. The van der Waals surface area contributed by atoms with Gasteiger partial charge in [-0.15, -0.1) is 0 Å². The third-order valence-corrected chi connectivity index (χ3v) is 2.84. The normalized spacial score (nSPS) is 10.1. The maximum Gasteiger partial charge on any atom is 0.255 e. The molecule has 0 fully saturated rings. The standard InChI is InChI=1S/C14H10F2N2OS/c15-11-6-3-9(7-12(11)16)14(19)18-10-4-1-8(2-5-10)13(17)20/h1-7H,(H2,17,20)(H,18,19). The summed E-state index contributed by atoms with van der Waals surface area (Å²) in [7, 11) is 0. The Balaban J connectivity index is 2.14. The van der Waals surface area contributed by atoms with E-state index >= 15 is 0 Å². The van der Waals surface area contributed by atoms with E-state index in [1.807, 2.05) is 0 Å². The van der Waals surface area contributed by atoms with Crippen molar-refractivity contribution in [2.75, 3.05) is 5.32 Å². The fraction of sp³-hybridized carbons (Fsp3) is 0. The van der Waals surface area contributed by atoms with Crippen LogP contribution in [0.2, 0.25) is 0 Å². The average molecular weight is 292 g/mol. The second kappa shape index (κ2) is 5.75. The molecule has 0 aliphatic heterocycles. The van der Waals surface area contributed by atoms with E-state index in [0.717, 1.165) is 12.1 Å². The summed E-state index contributed by atoms with van der Waals surface area (Å²) in [6.07, 6.45) is 0. The van der Waals surface area contributed by atoms with Crippen molar-refractivity contribution in [1.29, 1.82) is 0 Å². The predicted octanol–water partition coefficient (Wildman–Crippen LogP) is 2.85. The molecular formula is C14H10F2N2OS. The average Bonchev–Trinajstić information content (AvgIpc) is 2.42. The van der Waals surface area contributed by atoms with Crippen molar-refractivity contribution in [2.24, 2.45) is 5.73 Å². The number of benzene rings is 2. The van der Waals surface area contributed by atoms with Gasteiger partial charge in [-0.3, -0.25) is 4.79 Å². The molecule has 0 saturated carbocycles. The molecule has 0 bridgehead atoms. The van der Waals surface area contributed by atoms with E-state index in [0.29, 0.717) is 11.3 Å². The fourth-order valence-corrected chi connectivity index (χ4v) is 1.69. The number of nitrogens with one attached hydrogen (secondary N) is 1. The molecule has 2 rings (SSSR count). The van der Waals surface area contributed by atoms with Gasteiger partial charge >= 0.3 is 0 Å². The zero-order valence-electron chi connectivity index (χ0n) is 10.2. The van der Waals surface area contributed by atoms with Crippen LogP contribution in [0, 0.1) is 11.6 Å². The number of anilines is 1. The van der Waals surface area contributed by atoms with Crippen molar-refractivity contribution < 1.29 is 13.6 Å². The Morgan fingerprint density at radius 2 is 1.60 bits per heavy atom. The van der Waals surface area contributed by atoms with E-state index in [2.05, 4.69) is 5.32 Å². The lowest BCUT2D eigenvalue weighted by Gasteiger charge is -2.06. The molecule has 0 aromatic heterocycles. The van der Waals surface area contributed by atoms with Gasteiger partial charge in [0, 0.05) is 16.8 Å². The molecule has 0 aliphatic carbocycles. The molecule has 3 nitrogen and oxygen atoms in total. The first kappa shape index (κ1) is 14.1. The van der Waals surface area contributed by atoms with Crippen molar-refractivity contribution in [3.05, 3.63) is 65.2 Å². The van der Waals surface area contributed by atoms with Gasteiger partial charge in [-0.05, 0) is 42.5 Å². The van der Waals surface area contributed by atoms with Crippen LogP contribution in [0.5, 0.6) is 0 Å². The third kappa shape index (κ3) is 3.16. The molecular weight excluding hydrogens is 282 g/mol. The maximum atomic E-state index is 13.0. The second-order valence-corrected chi connectivity index (χ2v) is 4.46. The number of hydrogen-bond acceptors (Lipinski definition) is 2. The minimum atomic E-state index is -1.07. The van der Waals surface area contributed by atoms with Crippen LogP contribution >= 0.6 is 12.2 Å². The number of amides is 1. The Kier molecular flexibility index (Phi) is 4.05. The topological polar surface area (TPSA) is 55.1 Å². The van der Waals surface area contributed by atoms with Gasteiger partial charge in [0.1, 0.15) is 4.99 Å². The number of halogens is 2. The van der Waals surface area contributed by atoms with E-state index < -0.39 is 17.5 Å². The molecule has 1 amide bonds. The highest BCUT2D eigenvalue weighted by Gasteiger charge is 2.10. The Morgan fingerprint density at radius 1 is 1.00 bits per heavy atom. The van der Waals surface area contributed by atoms with Gasteiger partial charge in [-0.1, -0.05) is 12.2 Å². The summed E-state index contributed by atoms with van der Waals surface area (Å²) in [5, 5.41) is 2.56. The molecule has 0 saturated heterocycles. The molecule has 2 aromatic rings. The summed E-state index contributed by atoms with van der Waals surface area (Å²) < 4.78 is 25.8. The Morgan fingerprint density at radius 3 is 2.15 bits per heavy atom. The first-order valence-corrected chi connectivity index (χ1v) is 6.04. The summed E-state index contributed by atoms with van der Waals surface area (Å²) in [6, 6.07) is 9.50. The molecule has 0 heterocycles.